The van der Waals surface area contributed by atoms with Crippen molar-refractivity contribution in [3.8, 4) is 5.88 Å². The molecule has 0 aliphatic rings. The van der Waals surface area contributed by atoms with Crippen LogP contribution >= 0.6 is 0 Å². The Kier molecular flexibility index (Phi) is 5.15. The van der Waals surface area contributed by atoms with Gasteiger partial charge in [0.1, 0.15) is 0 Å². The van der Waals surface area contributed by atoms with Gasteiger partial charge < -0.3 is 4.74 Å². The molecule has 0 bridgehead atoms. The average Bonchev–Trinajstić information content (AvgIpc) is 2.49. The Morgan fingerprint density at radius 1 is 1.09 bits per heavy atom. The normalized spacial score (nSPS) is 11.4. The highest BCUT2D eigenvalue weighted by molar-refractivity contribution is 7.88. The zero-order valence-corrected chi connectivity index (χ0v) is 13.8. The molecule has 0 saturated heterocycles. The Labute approximate surface area is 131 Å². The largest absolute Gasteiger partial charge is 0.481 e. The fourth-order valence-corrected chi connectivity index (χ4v) is 3.14. The van der Waals surface area contributed by atoms with Gasteiger partial charge in [-0.2, -0.15) is 0 Å². The van der Waals surface area contributed by atoms with Gasteiger partial charge in [-0.05, 0) is 42.2 Å². The molecule has 0 amide bonds. The molecule has 0 spiro atoms. The van der Waals surface area contributed by atoms with Crippen molar-refractivity contribution in [1.29, 1.82) is 0 Å². The molecule has 2 rings (SSSR count). The molecule has 2 aromatic rings. The highest BCUT2D eigenvalue weighted by atomic mass is 32.2. The number of aromatic nitrogens is 1. The Morgan fingerprint density at radius 3 is 2.55 bits per heavy atom. The molecule has 1 heterocycles. The van der Waals surface area contributed by atoms with Crippen molar-refractivity contribution >= 4 is 10.0 Å². The van der Waals surface area contributed by atoms with E-state index < -0.39 is 10.0 Å². The molecule has 0 unspecified atom stereocenters. The molecular formula is C16H20N2O3S. The fourth-order valence-electron chi connectivity index (χ4n) is 2.03. The lowest BCUT2D eigenvalue weighted by molar-refractivity contribution is 0.397. The number of aryl methyl sites for hydroxylation is 2. The SMILES string of the molecule is COc1cc(CNS(=O)(=O)Cc2ccc(C)c(C)c2)ccn1. The minimum Gasteiger partial charge on any atom is -0.481 e. The maximum Gasteiger partial charge on any atom is 0.216 e. The van der Waals surface area contributed by atoms with Gasteiger partial charge in [0, 0.05) is 18.8 Å². The molecule has 0 saturated carbocycles. The Morgan fingerprint density at radius 2 is 1.86 bits per heavy atom. The minimum atomic E-state index is -3.39. The third-order valence-electron chi connectivity index (χ3n) is 3.43. The van der Waals surface area contributed by atoms with Crippen LogP contribution in [0.25, 0.3) is 0 Å². The number of benzene rings is 1. The Balaban J connectivity index is 2.02. The van der Waals surface area contributed by atoms with Gasteiger partial charge in [0.05, 0.1) is 12.9 Å². The van der Waals surface area contributed by atoms with Crippen molar-refractivity contribution in [3.05, 3.63) is 58.8 Å². The van der Waals surface area contributed by atoms with Gasteiger partial charge in [-0.25, -0.2) is 18.1 Å². The third kappa shape index (κ3) is 4.54. The standard InChI is InChI=1S/C16H20N2O3S/c1-12-4-5-15(8-13(12)2)11-22(19,20)18-10-14-6-7-17-16(9-14)21-3/h4-9,18H,10-11H2,1-3H3. The molecule has 1 aromatic carbocycles. The van der Waals surface area contributed by atoms with Crippen LogP contribution in [0.2, 0.25) is 0 Å². The summed E-state index contributed by atoms with van der Waals surface area (Å²) >= 11 is 0. The zero-order chi connectivity index (χ0) is 16.2. The van der Waals surface area contributed by atoms with Crippen molar-refractivity contribution in [2.45, 2.75) is 26.1 Å². The number of nitrogens with one attached hydrogen (secondary N) is 1. The Bertz CT molecular complexity index is 758. The molecule has 118 valence electrons. The van der Waals surface area contributed by atoms with Crippen molar-refractivity contribution in [3.63, 3.8) is 0 Å². The summed E-state index contributed by atoms with van der Waals surface area (Å²) in [7, 11) is -1.87. The number of nitrogens with zero attached hydrogens (tertiary/aromatic N) is 1. The van der Waals surface area contributed by atoms with Crippen molar-refractivity contribution in [2.75, 3.05) is 7.11 Å². The van der Waals surface area contributed by atoms with E-state index in [0.717, 1.165) is 22.3 Å². The van der Waals surface area contributed by atoms with Crippen molar-refractivity contribution < 1.29 is 13.2 Å². The summed E-state index contributed by atoms with van der Waals surface area (Å²) in [6, 6.07) is 9.15. The predicted octanol–water partition coefficient (Wildman–Crippen LogP) is 2.33. The summed E-state index contributed by atoms with van der Waals surface area (Å²) in [4.78, 5) is 3.99. The molecular weight excluding hydrogens is 300 g/mol. The molecule has 0 fully saturated rings. The van der Waals surface area contributed by atoms with Gasteiger partial charge in [0.15, 0.2) is 0 Å². The molecule has 1 N–H and O–H groups in total. The number of ether oxygens (including phenoxy) is 1. The van der Waals surface area contributed by atoms with Gasteiger partial charge in [-0.15, -0.1) is 0 Å². The van der Waals surface area contributed by atoms with Crippen molar-refractivity contribution in [2.24, 2.45) is 0 Å². The van der Waals surface area contributed by atoms with Gasteiger partial charge in [-0.3, -0.25) is 0 Å². The van der Waals surface area contributed by atoms with Crippen LogP contribution in [0.4, 0.5) is 0 Å². The van der Waals surface area contributed by atoms with Crippen LogP contribution in [0.15, 0.2) is 36.5 Å². The molecule has 22 heavy (non-hydrogen) atoms. The van der Waals surface area contributed by atoms with E-state index in [0.29, 0.717) is 5.88 Å². The number of rotatable bonds is 6. The molecule has 0 radical (unpaired) electrons. The molecule has 1 aromatic heterocycles. The summed E-state index contributed by atoms with van der Waals surface area (Å²) in [5.74, 6) is 0.432. The number of methoxy groups -OCH3 is 1. The maximum absolute atomic E-state index is 12.2. The van der Waals surface area contributed by atoms with Crippen LogP contribution in [-0.4, -0.2) is 20.5 Å². The first-order valence-electron chi connectivity index (χ1n) is 6.92. The van der Waals surface area contributed by atoms with Crippen LogP contribution in [-0.2, 0) is 22.3 Å². The first kappa shape index (κ1) is 16.5. The number of hydrogen-bond donors (Lipinski definition) is 1. The second-order valence-electron chi connectivity index (χ2n) is 5.21. The van der Waals surface area contributed by atoms with Crippen LogP contribution in [0.1, 0.15) is 22.3 Å². The Hall–Kier alpha value is -1.92. The lowest BCUT2D eigenvalue weighted by atomic mass is 10.1. The molecule has 0 aliphatic heterocycles. The summed E-state index contributed by atoms with van der Waals surface area (Å²) in [6.07, 6.45) is 1.59. The summed E-state index contributed by atoms with van der Waals surface area (Å²) in [5.41, 5.74) is 3.82. The highest BCUT2D eigenvalue weighted by Crippen LogP contribution is 2.13. The average molecular weight is 320 g/mol. The minimum absolute atomic E-state index is 0.0314. The van der Waals surface area contributed by atoms with Crippen LogP contribution in [0.5, 0.6) is 5.88 Å². The first-order chi connectivity index (χ1) is 10.4. The molecule has 0 aliphatic carbocycles. The highest BCUT2D eigenvalue weighted by Gasteiger charge is 2.12. The fraction of sp³-hybridized carbons (Fsp3) is 0.312. The van der Waals surface area contributed by atoms with Gasteiger partial charge in [-0.1, -0.05) is 18.2 Å². The van der Waals surface area contributed by atoms with E-state index in [-0.39, 0.29) is 12.3 Å². The van der Waals surface area contributed by atoms with Gasteiger partial charge in [0.25, 0.3) is 0 Å². The first-order valence-corrected chi connectivity index (χ1v) is 8.57. The van der Waals surface area contributed by atoms with E-state index in [4.69, 9.17) is 4.74 Å². The van der Waals surface area contributed by atoms with E-state index >= 15 is 0 Å². The van der Waals surface area contributed by atoms with Gasteiger partial charge in [0.2, 0.25) is 15.9 Å². The second kappa shape index (κ2) is 6.89. The monoisotopic (exact) mass is 320 g/mol. The predicted molar refractivity (Wildman–Crippen MR) is 86.2 cm³/mol. The molecule has 6 heteroatoms. The number of hydrogen-bond acceptors (Lipinski definition) is 4. The van der Waals surface area contributed by atoms with Crippen LogP contribution in [0.3, 0.4) is 0 Å². The summed E-state index contributed by atoms with van der Waals surface area (Å²) in [6.45, 7) is 4.19. The van der Waals surface area contributed by atoms with E-state index in [2.05, 4.69) is 9.71 Å². The quantitative estimate of drug-likeness (QED) is 0.887. The van der Waals surface area contributed by atoms with Crippen molar-refractivity contribution in [1.82, 2.24) is 9.71 Å². The van der Waals surface area contributed by atoms with Crippen LogP contribution in [0, 0.1) is 13.8 Å². The molecule has 5 nitrogen and oxygen atoms in total. The zero-order valence-electron chi connectivity index (χ0n) is 13.0. The smallest absolute Gasteiger partial charge is 0.216 e. The number of sulfonamides is 1. The third-order valence-corrected chi connectivity index (χ3v) is 4.73. The summed E-state index contributed by atoms with van der Waals surface area (Å²) < 4.78 is 31.9. The number of pyridine rings is 1. The van der Waals surface area contributed by atoms with E-state index in [1.807, 2.05) is 32.0 Å². The van der Waals surface area contributed by atoms with Crippen LogP contribution < -0.4 is 9.46 Å². The second-order valence-corrected chi connectivity index (χ2v) is 7.01. The summed E-state index contributed by atoms with van der Waals surface area (Å²) in [5, 5.41) is 0. The maximum atomic E-state index is 12.2. The van der Waals surface area contributed by atoms with Gasteiger partial charge >= 0.3 is 0 Å². The van der Waals surface area contributed by atoms with E-state index in [1.165, 1.54) is 7.11 Å². The molecule has 0 atom stereocenters. The lowest BCUT2D eigenvalue weighted by Crippen LogP contribution is -2.24. The lowest BCUT2D eigenvalue weighted by Gasteiger charge is -2.09. The van der Waals surface area contributed by atoms with E-state index in [1.54, 1.807) is 18.3 Å². The topological polar surface area (TPSA) is 68.3 Å². The van der Waals surface area contributed by atoms with E-state index in [9.17, 15) is 8.42 Å².